The molecule has 30 heavy (non-hydrogen) atoms. The Hall–Kier alpha value is -3.21. The number of furan rings is 1. The number of rotatable bonds is 4. The summed E-state index contributed by atoms with van der Waals surface area (Å²) in [6.07, 6.45) is 1.64. The van der Waals surface area contributed by atoms with Crippen LogP contribution in [0, 0.1) is 5.82 Å². The molecule has 0 atom stereocenters. The van der Waals surface area contributed by atoms with Crippen molar-refractivity contribution in [2.45, 2.75) is 4.90 Å². The summed E-state index contributed by atoms with van der Waals surface area (Å²) in [5.41, 5.74) is 1.03. The van der Waals surface area contributed by atoms with E-state index in [0.29, 0.717) is 33.5 Å². The zero-order chi connectivity index (χ0) is 21.3. The highest BCUT2D eigenvalue weighted by Crippen LogP contribution is 2.30. The first-order valence-electron chi connectivity index (χ1n) is 8.56. The van der Waals surface area contributed by atoms with E-state index in [9.17, 15) is 17.6 Å². The molecule has 1 aliphatic heterocycles. The molecule has 0 radical (unpaired) electrons. The normalized spacial score (nSPS) is 16.9. The van der Waals surface area contributed by atoms with E-state index in [1.165, 1.54) is 30.3 Å². The number of amidine groups is 1. The second-order valence-corrected chi connectivity index (χ2v) is 8.81. The average Bonchev–Trinajstić information content (AvgIpc) is 3.28. The van der Waals surface area contributed by atoms with E-state index < -0.39 is 15.8 Å². The van der Waals surface area contributed by atoms with Crippen LogP contribution in [0.4, 0.5) is 14.9 Å². The standard InChI is InChI=1S/C20H14FN3O4S2/c21-13-2-1-3-14(10-13)23-19-18(29-20(25)24-19)11-15-6-9-17(28-15)12-4-7-16(8-5-12)30(22,26)27/h1-11H,(H2,22,26,27)(H,23,24,25)/b18-11-. The van der Waals surface area contributed by atoms with Gasteiger partial charge in [0.05, 0.1) is 15.5 Å². The van der Waals surface area contributed by atoms with Crippen LogP contribution in [0.2, 0.25) is 0 Å². The maximum Gasteiger partial charge on any atom is 0.289 e. The highest BCUT2D eigenvalue weighted by Gasteiger charge is 2.24. The van der Waals surface area contributed by atoms with Crippen LogP contribution in [0.15, 0.2) is 79.9 Å². The first-order chi connectivity index (χ1) is 14.3. The van der Waals surface area contributed by atoms with Gasteiger partial charge in [-0.15, -0.1) is 0 Å². The molecule has 0 spiro atoms. The molecular formula is C20H14FN3O4S2. The molecular weight excluding hydrogens is 429 g/mol. The van der Waals surface area contributed by atoms with E-state index in [4.69, 9.17) is 9.56 Å². The number of nitrogens with zero attached hydrogens (tertiary/aromatic N) is 1. The Morgan fingerprint density at radius 1 is 1.10 bits per heavy atom. The average molecular weight is 443 g/mol. The smallest absolute Gasteiger partial charge is 0.289 e. The first-order valence-corrected chi connectivity index (χ1v) is 10.9. The van der Waals surface area contributed by atoms with Crippen LogP contribution in [0.5, 0.6) is 0 Å². The van der Waals surface area contributed by atoms with Crippen molar-refractivity contribution in [2.24, 2.45) is 10.1 Å². The molecule has 0 bridgehead atoms. The van der Waals surface area contributed by atoms with E-state index in [1.807, 2.05) is 0 Å². The Morgan fingerprint density at radius 2 is 1.87 bits per heavy atom. The monoisotopic (exact) mass is 443 g/mol. The molecule has 2 heterocycles. The predicted molar refractivity (Wildman–Crippen MR) is 113 cm³/mol. The molecule has 3 N–H and O–H groups in total. The first kappa shape index (κ1) is 20.1. The van der Waals surface area contributed by atoms with Gasteiger partial charge < -0.3 is 9.73 Å². The van der Waals surface area contributed by atoms with Gasteiger partial charge in [0, 0.05) is 5.56 Å². The minimum absolute atomic E-state index is 0.00490. The van der Waals surface area contributed by atoms with Crippen LogP contribution < -0.4 is 10.5 Å². The third-order valence-electron chi connectivity index (χ3n) is 4.07. The van der Waals surface area contributed by atoms with Gasteiger partial charge in [0.1, 0.15) is 23.2 Å². The van der Waals surface area contributed by atoms with Crippen molar-refractivity contribution < 1.29 is 22.0 Å². The van der Waals surface area contributed by atoms with Crippen molar-refractivity contribution in [3.63, 3.8) is 0 Å². The number of hydrogen-bond acceptors (Lipinski definition) is 6. The van der Waals surface area contributed by atoms with Crippen LogP contribution in [-0.2, 0) is 10.0 Å². The fourth-order valence-corrected chi connectivity index (χ4v) is 3.94. The summed E-state index contributed by atoms with van der Waals surface area (Å²) in [6, 6.07) is 15.1. The second kappa shape index (κ2) is 7.90. The third kappa shape index (κ3) is 4.51. The van der Waals surface area contributed by atoms with E-state index in [-0.39, 0.29) is 10.1 Å². The quantitative estimate of drug-likeness (QED) is 0.625. The van der Waals surface area contributed by atoms with Gasteiger partial charge in [-0.25, -0.2) is 22.9 Å². The number of carbonyl (C=O) groups excluding carboxylic acids is 1. The summed E-state index contributed by atoms with van der Waals surface area (Å²) in [5, 5.41) is 7.42. The number of aliphatic imine (C=N–C) groups is 1. The minimum atomic E-state index is -3.77. The number of benzene rings is 2. The lowest BCUT2D eigenvalue weighted by Crippen LogP contribution is -2.18. The van der Waals surface area contributed by atoms with Crippen molar-refractivity contribution >= 4 is 44.6 Å². The molecule has 0 saturated carbocycles. The maximum absolute atomic E-state index is 13.4. The molecule has 1 saturated heterocycles. The van der Waals surface area contributed by atoms with Crippen molar-refractivity contribution in [1.29, 1.82) is 0 Å². The summed E-state index contributed by atoms with van der Waals surface area (Å²) in [7, 11) is -3.77. The van der Waals surface area contributed by atoms with E-state index in [1.54, 1.807) is 36.4 Å². The van der Waals surface area contributed by atoms with E-state index in [0.717, 1.165) is 11.8 Å². The fraction of sp³-hybridized carbons (Fsp3) is 0. The number of thioether (sulfide) groups is 1. The maximum atomic E-state index is 13.4. The highest BCUT2D eigenvalue weighted by molar-refractivity contribution is 8.18. The number of amides is 1. The molecule has 0 unspecified atom stereocenters. The molecule has 7 nitrogen and oxygen atoms in total. The van der Waals surface area contributed by atoms with Crippen LogP contribution in [0.25, 0.3) is 17.4 Å². The number of hydrogen-bond donors (Lipinski definition) is 2. The number of nitrogens with one attached hydrogen (secondary N) is 1. The zero-order valence-corrected chi connectivity index (χ0v) is 16.8. The van der Waals surface area contributed by atoms with Crippen molar-refractivity contribution in [3.05, 3.63) is 77.1 Å². The number of nitrogens with two attached hydrogens (primary N) is 1. The number of carbonyl (C=O) groups is 1. The molecule has 3 aromatic rings. The molecule has 1 amide bonds. The number of sulfonamides is 1. The van der Waals surface area contributed by atoms with Crippen molar-refractivity contribution in [1.82, 2.24) is 5.32 Å². The molecule has 1 aliphatic rings. The summed E-state index contributed by atoms with van der Waals surface area (Å²) in [5.74, 6) is 0.842. The zero-order valence-electron chi connectivity index (χ0n) is 15.2. The molecule has 2 aromatic carbocycles. The van der Waals surface area contributed by atoms with Crippen molar-refractivity contribution in [3.8, 4) is 11.3 Å². The third-order valence-corrected chi connectivity index (χ3v) is 5.82. The van der Waals surface area contributed by atoms with Crippen LogP contribution in [0.3, 0.4) is 0 Å². The summed E-state index contributed by atoms with van der Waals surface area (Å²) >= 11 is 0.948. The van der Waals surface area contributed by atoms with Crippen molar-refractivity contribution in [2.75, 3.05) is 0 Å². The van der Waals surface area contributed by atoms with Crippen LogP contribution in [-0.4, -0.2) is 19.5 Å². The summed E-state index contributed by atoms with van der Waals surface area (Å²) in [6.45, 7) is 0. The lowest BCUT2D eigenvalue weighted by atomic mass is 10.2. The van der Waals surface area contributed by atoms with Gasteiger partial charge in [-0.3, -0.25) is 4.79 Å². The highest BCUT2D eigenvalue weighted by atomic mass is 32.2. The molecule has 152 valence electrons. The van der Waals surface area contributed by atoms with E-state index in [2.05, 4.69) is 10.3 Å². The topological polar surface area (TPSA) is 115 Å². The van der Waals surface area contributed by atoms with Gasteiger partial charge in [-0.2, -0.15) is 0 Å². The number of primary sulfonamides is 1. The Kier molecular flexibility index (Phi) is 5.29. The lowest BCUT2D eigenvalue weighted by molar-refractivity contribution is 0.265. The lowest BCUT2D eigenvalue weighted by Gasteiger charge is -2.01. The van der Waals surface area contributed by atoms with Gasteiger partial charge in [-0.1, -0.05) is 6.07 Å². The van der Waals surface area contributed by atoms with Gasteiger partial charge >= 0.3 is 0 Å². The summed E-state index contributed by atoms with van der Waals surface area (Å²) in [4.78, 5) is 16.6. The molecule has 4 rings (SSSR count). The van der Waals surface area contributed by atoms with Gasteiger partial charge in [-0.05, 0) is 72.4 Å². The molecule has 1 fully saturated rings. The van der Waals surface area contributed by atoms with Gasteiger partial charge in [0.2, 0.25) is 10.0 Å². The van der Waals surface area contributed by atoms with Gasteiger partial charge in [0.25, 0.3) is 5.24 Å². The summed E-state index contributed by atoms with van der Waals surface area (Å²) < 4.78 is 41.9. The Balaban J connectivity index is 1.61. The fourth-order valence-electron chi connectivity index (χ4n) is 2.71. The molecule has 10 heteroatoms. The van der Waals surface area contributed by atoms with Crippen LogP contribution >= 0.6 is 11.8 Å². The Bertz CT molecular complexity index is 1300. The SMILES string of the molecule is NS(=O)(=O)c1ccc(-c2ccc(/C=C3\SC(=O)NC3=Nc3cccc(F)c3)o2)cc1. The van der Waals surface area contributed by atoms with Gasteiger partial charge in [0.15, 0.2) is 0 Å². The molecule has 0 aliphatic carbocycles. The molecule has 1 aromatic heterocycles. The number of halogens is 1. The van der Waals surface area contributed by atoms with Crippen LogP contribution in [0.1, 0.15) is 5.76 Å². The Morgan fingerprint density at radius 3 is 2.57 bits per heavy atom. The predicted octanol–water partition coefficient (Wildman–Crippen LogP) is 4.26. The largest absolute Gasteiger partial charge is 0.457 e. The Labute approximate surface area is 175 Å². The second-order valence-electron chi connectivity index (χ2n) is 6.23. The van der Waals surface area contributed by atoms with E-state index >= 15 is 0 Å². The minimum Gasteiger partial charge on any atom is -0.457 e.